The summed E-state index contributed by atoms with van der Waals surface area (Å²) in [5, 5.41) is 10.4. The number of halogens is 1. The van der Waals surface area contributed by atoms with Crippen LogP contribution < -0.4 is 4.74 Å². The van der Waals surface area contributed by atoms with E-state index >= 15 is 0 Å². The van der Waals surface area contributed by atoms with Gasteiger partial charge in [-0.25, -0.2) is 9.78 Å². The molecule has 6 heteroatoms. The fourth-order valence-electron chi connectivity index (χ4n) is 1.58. The monoisotopic (exact) mass is 311 g/mol. The first-order chi connectivity index (χ1) is 8.56. The first-order valence-electron chi connectivity index (χ1n) is 5.02. The number of pyridine rings is 1. The largest absolute Gasteiger partial charge is 0.507 e. The molecule has 2 rings (SSSR count). The van der Waals surface area contributed by atoms with Crippen LogP contribution in [-0.2, 0) is 4.74 Å². The number of nitrogens with zero attached hydrogens (tertiary/aromatic N) is 1. The number of aromatic nitrogens is 1. The minimum absolute atomic E-state index is 0.0382. The molecule has 0 saturated carbocycles. The zero-order chi connectivity index (χ0) is 13.3. The summed E-state index contributed by atoms with van der Waals surface area (Å²) in [6.45, 7) is 0. The van der Waals surface area contributed by atoms with Crippen LogP contribution in [0.1, 0.15) is 10.5 Å². The maximum atomic E-state index is 11.4. The Morgan fingerprint density at radius 2 is 2.06 bits per heavy atom. The van der Waals surface area contributed by atoms with E-state index in [0.717, 1.165) is 0 Å². The molecule has 0 unspecified atom stereocenters. The van der Waals surface area contributed by atoms with Crippen LogP contribution in [0, 0.1) is 0 Å². The maximum Gasteiger partial charge on any atom is 0.356 e. The van der Waals surface area contributed by atoms with Crippen molar-refractivity contribution in [1.29, 1.82) is 0 Å². The van der Waals surface area contributed by atoms with Crippen LogP contribution in [0.3, 0.4) is 0 Å². The predicted molar refractivity (Wildman–Crippen MR) is 69.0 cm³/mol. The summed E-state index contributed by atoms with van der Waals surface area (Å²) in [6.07, 6.45) is 0. The fraction of sp³-hybridized carbons (Fsp3) is 0.167. The molecule has 5 nitrogen and oxygen atoms in total. The molecular formula is C12H10BrNO4. The number of aromatic hydroxyl groups is 1. The molecule has 1 aromatic carbocycles. The molecule has 0 spiro atoms. The fourth-order valence-corrected chi connectivity index (χ4v) is 2.08. The lowest BCUT2D eigenvalue weighted by Gasteiger charge is -2.08. The molecule has 18 heavy (non-hydrogen) atoms. The van der Waals surface area contributed by atoms with Crippen LogP contribution in [0.4, 0.5) is 0 Å². The van der Waals surface area contributed by atoms with Crippen LogP contribution >= 0.6 is 15.9 Å². The highest BCUT2D eigenvalue weighted by Crippen LogP contribution is 2.33. The lowest BCUT2D eigenvalue weighted by Crippen LogP contribution is -2.04. The van der Waals surface area contributed by atoms with Gasteiger partial charge in [-0.1, -0.05) is 0 Å². The van der Waals surface area contributed by atoms with Crippen molar-refractivity contribution in [3.63, 3.8) is 0 Å². The van der Waals surface area contributed by atoms with E-state index in [1.165, 1.54) is 20.3 Å². The molecule has 0 amide bonds. The van der Waals surface area contributed by atoms with Crippen LogP contribution in [-0.4, -0.2) is 30.3 Å². The summed E-state index contributed by atoms with van der Waals surface area (Å²) in [4.78, 5) is 15.5. The summed E-state index contributed by atoms with van der Waals surface area (Å²) in [5.41, 5.74) is 0.502. The van der Waals surface area contributed by atoms with Crippen molar-refractivity contribution < 1.29 is 19.4 Å². The Labute approximate surface area is 111 Å². The zero-order valence-electron chi connectivity index (χ0n) is 9.73. The number of rotatable bonds is 2. The Balaban J connectivity index is 2.71. The quantitative estimate of drug-likeness (QED) is 0.863. The topological polar surface area (TPSA) is 68.7 Å². The van der Waals surface area contributed by atoms with Crippen molar-refractivity contribution in [3.8, 4) is 11.5 Å². The van der Waals surface area contributed by atoms with E-state index in [1.54, 1.807) is 12.1 Å². The number of benzene rings is 1. The molecule has 0 saturated heterocycles. The van der Waals surface area contributed by atoms with Crippen molar-refractivity contribution in [2.24, 2.45) is 0 Å². The van der Waals surface area contributed by atoms with E-state index in [4.69, 9.17) is 4.74 Å². The molecule has 94 valence electrons. The number of hydrogen-bond acceptors (Lipinski definition) is 5. The molecule has 2 aromatic rings. The first kappa shape index (κ1) is 12.6. The molecule has 1 aromatic heterocycles. The molecule has 1 N–H and O–H groups in total. The Morgan fingerprint density at radius 3 is 2.67 bits per heavy atom. The molecule has 1 heterocycles. The van der Waals surface area contributed by atoms with Gasteiger partial charge < -0.3 is 14.6 Å². The number of carbonyl (C=O) groups excluding carboxylic acids is 1. The van der Waals surface area contributed by atoms with Gasteiger partial charge in [0.1, 0.15) is 11.5 Å². The molecule has 0 aliphatic heterocycles. The SMILES string of the molecule is COC(=O)c1cc(O)c2cc(Br)c(OC)cc2n1. The number of methoxy groups -OCH3 is 2. The summed E-state index contributed by atoms with van der Waals surface area (Å²) in [6, 6.07) is 4.58. The molecular weight excluding hydrogens is 302 g/mol. The van der Waals surface area contributed by atoms with Gasteiger partial charge in [0.25, 0.3) is 0 Å². The number of hydrogen-bond donors (Lipinski definition) is 1. The standard InChI is InChI=1S/C12H10BrNO4/c1-17-11-5-8-6(3-7(11)13)10(15)4-9(14-8)12(16)18-2/h3-5H,1-2H3,(H,14,15). The van der Waals surface area contributed by atoms with Crippen molar-refractivity contribution in [1.82, 2.24) is 4.98 Å². The lowest BCUT2D eigenvalue weighted by molar-refractivity contribution is 0.0594. The molecule has 0 aliphatic carbocycles. The molecule has 0 atom stereocenters. The van der Waals surface area contributed by atoms with Gasteiger partial charge in [0.05, 0.1) is 24.2 Å². The van der Waals surface area contributed by atoms with E-state index in [9.17, 15) is 9.90 Å². The summed E-state index contributed by atoms with van der Waals surface area (Å²) >= 11 is 3.32. The van der Waals surface area contributed by atoms with E-state index in [-0.39, 0.29) is 11.4 Å². The number of ether oxygens (including phenoxy) is 2. The van der Waals surface area contributed by atoms with Crippen LogP contribution in [0.2, 0.25) is 0 Å². The highest BCUT2D eigenvalue weighted by atomic mass is 79.9. The van der Waals surface area contributed by atoms with Crippen molar-refractivity contribution in [2.45, 2.75) is 0 Å². The first-order valence-corrected chi connectivity index (χ1v) is 5.81. The van der Waals surface area contributed by atoms with Gasteiger partial charge in [-0.3, -0.25) is 0 Å². The summed E-state index contributed by atoms with van der Waals surface area (Å²) in [7, 11) is 2.78. The minimum atomic E-state index is -0.603. The van der Waals surface area contributed by atoms with Crippen molar-refractivity contribution in [2.75, 3.05) is 14.2 Å². The Bertz CT molecular complexity index is 627. The highest BCUT2D eigenvalue weighted by Gasteiger charge is 2.14. The summed E-state index contributed by atoms with van der Waals surface area (Å²) < 4.78 is 10.4. The smallest absolute Gasteiger partial charge is 0.356 e. The molecule has 0 aliphatic rings. The maximum absolute atomic E-state index is 11.4. The molecule has 0 radical (unpaired) electrons. The van der Waals surface area contributed by atoms with Gasteiger partial charge in [-0.05, 0) is 22.0 Å². The van der Waals surface area contributed by atoms with Gasteiger partial charge >= 0.3 is 5.97 Å². The average molecular weight is 312 g/mol. The number of esters is 1. The second-order valence-electron chi connectivity index (χ2n) is 3.52. The van der Waals surface area contributed by atoms with Crippen LogP contribution in [0.25, 0.3) is 10.9 Å². The molecule has 0 bridgehead atoms. The van der Waals surface area contributed by atoms with E-state index in [1.807, 2.05) is 0 Å². The normalized spacial score (nSPS) is 10.4. The van der Waals surface area contributed by atoms with E-state index < -0.39 is 5.97 Å². The van der Waals surface area contributed by atoms with Crippen LogP contribution in [0.15, 0.2) is 22.7 Å². The second kappa shape index (κ2) is 4.81. The van der Waals surface area contributed by atoms with Gasteiger partial charge in [-0.15, -0.1) is 0 Å². The zero-order valence-corrected chi connectivity index (χ0v) is 11.3. The third-order valence-electron chi connectivity index (χ3n) is 2.45. The van der Waals surface area contributed by atoms with Crippen molar-refractivity contribution in [3.05, 3.63) is 28.4 Å². The molecule has 0 fully saturated rings. The highest BCUT2D eigenvalue weighted by molar-refractivity contribution is 9.10. The Kier molecular flexibility index (Phi) is 3.38. The van der Waals surface area contributed by atoms with Gasteiger partial charge in [0, 0.05) is 17.5 Å². The minimum Gasteiger partial charge on any atom is -0.507 e. The van der Waals surface area contributed by atoms with Gasteiger partial charge in [-0.2, -0.15) is 0 Å². The Hall–Kier alpha value is -1.82. The number of carbonyl (C=O) groups is 1. The third-order valence-corrected chi connectivity index (χ3v) is 3.07. The van der Waals surface area contributed by atoms with Crippen molar-refractivity contribution >= 4 is 32.8 Å². The van der Waals surface area contributed by atoms with Gasteiger partial charge in [0.2, 0.25) is 0 Å². The lowest BCUT2D eigenvalue weighted by atomic mass is 10.1. The second-order valence-corrected chi connectivity index (χ2v) is 4.38. The van der Waals surface area contributed by atoms with Crippen LogP contribution in [0.5, 0.6) is 11.5 Å². The number of fused-ring (bicyclic) bond motifs is 1. The predicted octanol–water partition coefficient (Wildman–Crippen LogP) is 2.50. The average Bonchev–Trinajstić information content (AvgIpc) is 2.37. The van der Waals surface area contributed by atoms with E-state index in [2.05, 4.69) is 25.7 Å². The van der Waals surface area contributed by atoms with Gasteiger partial charge in [0.15, 0.2) is 5.69 Å². The van der Waals surface area contributed by atoms with E-state index in [0.29, 0.717) is 21.1 Å². The Morgan fingerprint density at radius 1 is 1.33 bits per heavy atom. The third kappa shape index (κ3) is 2.11. The summed E-state index contributed by atoms with van der Waals surface area (Å²) in [5.74, 6) is -0.0748.